The molecule has 0 radical (unpaired) electrons. The summed E-state index contributed by atoms with van der Waals surface area (Å²) < 4.78 is 11.7. The fourth-order valence-electron chi connectivity index (χ4n) is 1.14. The van der Waals surface area contributed by atoms with Crippen LogP contribution in [0.25, 0.3) is 0 Å². The predicted octanol–water partition coefficient (Wildman–Crippen LogP) is 1.50. The van der Waals surface area contributed by atoms with E-state index in [0.29, 0.717) is 18.3 Å². The highest BCUT2D eigenvalue weighted by Crippen LogP contribution is 2.10. The van der Waals surface area contributed by atoms with E-state index in [1.165, 1.54) is 0 Å². The molecule has 4 nitrogen and oxygen atoms in total. The van der Waals surface area contributed by atoms with Crippen LogP contribution in [0.15, 0.2) is 4.99 Å². The maximum atomic E-state index is 11.8. The van der Waals surface area contributed by atoms with E-state index < -0.39 is 10.8 Å². The van der Waals surface area contributed by atoms with Crippen molar-refractivity contribution in [1.82, 2.24) is 10.6 Å². The second kappa shape index (κ2) is 7.69. The van der Waals surface area contributed by atoms with Gasteiger partial charge in [-0.25, -0.2) is 0 Å². The molecule has 2 N–H and O–H groups in total. The van der Waals surface area contributed by atoms with Crippen LogP contribution >= 0.6 is 0 Å². The number of rotatable bonds is 5. The zero-order valence-corrected chi connectivity index (χ0v) is 12.8. The first kappa shape index (κ1) is 16.4. The maximum absolute atomic E-state index is 11.8. The highest BCUT2D eigenvalue weighted by molar-refractivity contribution is 7.86. The molecule has 0 spiro atoms. The van der Waals surface area contributed by atoms with Crippen molar-refractivity contribution in [2.45, 2.75) is 52.3 Å². The van der Waals surface area contributed by atoms with Crippen LogP contribution in [0, 0.1) is 0 Å². The molecule has 0 aliphatic carbocycles. The molecule has 5 heteroatoms. The minimum Gasteiger partial charge on any atom is -0.357 e. The van der Waals surface area contributed by atoms with Gasteiger partial charge in [0.1, 0.15) is 0 Å². The zero-order chi connectivity index (χ0) is 13.5. The summed E-state index contributed by atoms with van der Waals surface area (Å²) in [6.07, 6.45) is 0. The summed E-state index contributed by atoms with van der Waals surface area (Å²) in [7, 11) is -0.833. The summed E-state index contributed by atoms with van der Waals surface area (Å²) in [6.45, 7) is 13.6. The topological polar surface area (TPSA) is 53.5 Å². The molecule has 0 aromatic rings. The Morgan fingerprint density at radius 2 is 1.94 bits per heavy atom. The predicted molar refractivity (Wildman–Crippen MR) is 77.0 cm³/mol. The maximum Gasteiger partial charge on any atom is 0.191 e. The summed E-state index contributed by atoms with van der Waals surface area (Å²) >= 11 is 0. The van der Waals surface area contributed by atoms with Gasteiger partial charge in [-0.15, -0.1) is 0 Å². The smallest absolute Gasteiger partial charge is 0.191 e. The Kier molecular flexibility index (Phi) is 7.43. The number of guanidine groups is 1. The third kappa shape index (κ3) is 8.18. The van der Waals surface area contributed by atoms with Crippen molar-refractivity contribution in [2.24, 2.45) is 4.99 Å². The third-order valence-corrected chi connectivity index (χ3v) is 3.92. The molecule has 0 amide bonds. The van der Waals surface area contributed by atoms with E-state index in [4.69, 9.17) is 0 Å². The number of hydrogen-bond acceptors (Lipinski definition) is 2. The van der Waals surface area contributed by atoms with E-state index in [1.54, 1.807) is 0 Å². The molecule has 1 unspecified atom stereocenters. The molecule has 0 rings (SSSR count). The largest absolute Gasteiger partial charge is 0.357 e. The van der Waals surface area contributed by atoms with Crippen molar-refractivity contribution < 1.29 is 4.21 Å². The van der Waals surface area contributed by atoms with Crippen molar-refractivity contribution in [2.75, 3.05) is 18.8 Å². The number of nitrogens with zero attached hydrogens (tertiary/aromatic N) is 1. The third-order valence-electron chi connectivity index (χ3n) is 2.00. The molecule has 0 fully saturated rings. The van der Waals surface area contributed by atoms with Crippen molar-refractivity contribution in [3.05, 3.63) is 0 Å². The molecule has 17 heavy (non-hydrogen) atoms. The Morgan fingerprint density at radius 1 is 1.35 bits per heavy atom. The van der Waals surface area contributed by atoms with Crippen molar-refractivity contribution in [1.29, 1.82) is 0 Å². The van der Waals surface area contributed by atoms with E-state index in [9.17, 15) is 4.21 Å². The van der Waals surface area contributed by atoms with Gasteiger partial charge in [0.2, 0.25) is 0 Å². The molecule has 0 aromatic heterocycles. The number of nitrogens with one attached hydrogen (secondary N) is 2. The van der Waals surface area contributed by atoms with Crippen molar-refractivity contribution >= 4 is 16.8 Å². The van der Waals surface area contributed by atoms with Crippen LogP contribution < -0.4 is 10.6 Å². The van der Waals surface area contributed by atoms with Crippen molar-refractivity contribution in [3.63, 3.8) is 0 Å². The summed E-state index contributed by atoms with van der Waals surface area (Å²) in [5, 5.41) is 6.40. The van der Waals surface area contributed by atoms with Gasteiger partial charge in [0.05, 0.1) is 6.54 Å². The van der Waals surface area contributed by atoms with Crippen LogP contribution in [-0.2, 0) is 10.8 Å². The monoisotopic (exact) mass is 261 g/mol. The molecule has 1 atom stereocenters. The molecule has 0 aliphatic rings. The van der Waals surface area contributed by atoms with Gasteiger partial charge in [0.15, 0.2) is 5.96 Å². The average Bonchev–Trinajstić information content (AvgIpc) is 2.15. The lowest BCUT2D eigenvalue weighted by Crippen LogP contribution is -2.41. The van der Waals surface area contributed by atoms with Crippen LogP contribution in [0.1, 0.15) is 41.5 Å². The van der Waals surface area contributed by atoms with Gasteiger partial charge in [-0.05, 0) is 41.5 Å². The molecular weight excluding hydrogens is 234 g/mol. The summed E-state index contributed by atoms with van der Waals surface area (Å²) in [4.78, 5) is 4.41. The highest BCUT2D eigenvalue weighted by Gasteiger charge is 2.18. The van der Waals surface area contributed by atoms with Gasteiger partial charge in [-0.2, -0.15) is 0 Å². The first-order chi connectivity index (χ1) is 7.77. The lowest BCUT2D eigenvalue weighted by atomic mass is 10.3. The lowest BCUT2D eigenvalue weighted by molar-refractivity contribution is 0.648. The second-order valence-electron chi connectivity index (χ2n) is 5.22. The van der Waals surface area contributed by atoms with Gasteiger partial charge in [-0.3, -0.25) is 9.20 Å². The fourth-order valence-corrected chi connectivity index (χ4v) is 2.01. The zero-order valence-electron chi connectivity index (χ0n) is 12.0. The molecule has 0 aliphatic heterocycles. The van der Waals surface area contributed by atoms with Crippen LogP contribution in [0.5, 0.6) is 0 Å². The average molecular weight is 261 g/mol. The Labute approximate surface area is 108 Å². The van der Waals surface area contributed by atoms with Crippen LogP contribution in [0.3, 0.4) is 0 Å². The summed E-state index contributed by atoms with van der Waals surface area (Å²) in [5.74, 6) is 1.41. The van der Waals surface area contributed by atoms with Crippen molar-refractivity contribution in [3.8, 4) is 0 Å². The molecule has 0 aromatic carbocycles. The van der Waals surface area contributed by atoms with Gasteiger partial charge in [0, 0.05) is 33.9 Å². The van der Waals surface area contributed by atoms with Gasteiger partial charge in [-0.1, -0.05) is 0 Å². The van der Waals surface area contributed by atoms with Gasteiger partial charge < -0.3 is 10.6 Å². The van der Waals surface area contributed by atoms with E-state index in [0.717, 1.165) is 12.5 Å². The summed E-state index contributed by atoms with van der Waals surface area (Å²) in [6, 6.07) is 0.348. The van der Waals surface area contributed by atoms with Gasteiger partial charge >= 0.3 is 0 Å². The standard InChI is InChI=1S/C12H27N3OS/c1-7-13-11(15-10(2)3)14-8-9-17(16)12(4,5)6/h10H,7-9H2,1-6H3,(H2,13,14,15). The SMILES string of the molecule is CCNC(=NCCS(=O)C(C)(C)C)NC(C)C. The highest BCUT2D eigenvalue weighted by atomic mass is 32.2. The minimum atomic E-state index is -0.833. The molecule has 0 saturated heterocycles. The van der Waals surface area contributed by atoms with E-state index >= 15 is 0 Å². The Hall–Kier alpha value is -0.580. The summed E-state index contributed by atoms with van der Waals surface area (Å²) in [5.41, 5.74) is 0. The molecular formula is C12H27N3OS. The van der Waals surface area contributed by atoms with E-state index in [2.05, 4.69) is 29.5 Å². The van der Waals surface area contributed by atoms with Gasteiger partial charge in [0.25, 0.3) is 0 Å². The Morgan fingerprint density at radius 3 is 2.35 bits per heavy atom. The number of aliphatic imine (C=N–C) groups is 1. The number of hydrogen-bond donors (Lipinski definition) is 2. The van der Waals surface area contributed by atoms with E-state index in [1.807, 2.05) is 27.7 Å². The van der Waals surface area contributed by atoms with E-state index in [-0.39, 0.29) is 4.75 Å². The molecule has 102 valence electrons. The van der Waals surface area contributed by atoms with Crippen LogP contribution in [0.4, 0.5) is 0 Å². The normalized spacial score (nSPS) is 14.9. The fraction of sp³-hybridized carbons (Fsp3) is 0.917. The molecule has 0 bridgehead atoms. The lowest BCUT2D eigenvalue weighted by Gasteiger charge is -2.17. The first-order valence-electron chi connectivity index (χ1n) is 6.20. The molecule has 0 saturated carbocycles. The minimum absolute atomic E-state index is 0.153. The quantitative estimate of drug-likeness (QED) is 0.582. The second-order valence-corrected chi connectivity index (χ2v) is 7.55. The van der Waals surface area contributed by atoms with Crippen LogP contribution in [-0.4, -0.2) is 39.8 Å². The first-order valence-corrected chi connectivity index (χ1v) is 7.52. The van der Waals surface area contributed by atoms with Crippen LogP contribution in [0.2, 0.25) is 0 Å². The Bertz CT molecular complexity index is 269. The Balaban J connectivity index is 4.21. The molecule has 0 heterocycles.